The molecule has 0 atom stereocenters. The fraction of sp³-hybridized carbons (Fsp3) is 0.231. The first kappa shape index (κ1) is 12.5. The van der Waals surface area contributed by atoms with Crippen LogP contribution in [0.2, 0.25) is 5.02 Å². The van der Waals surface area contributed by atoms with Crippen molar-refractivity contribution < 1.29 is 0 Å². The zero-order valence-electron chi connectivity index (χ0n) is 10.0. The van der Waals surface area contributed by atoms with E-state index in [2.05, 4.69) is 11.2 Å². The number of aryl methyl sites for hydroxylation is 1. The van der Waals surface area contributed by atoms with E-state index < -0.39 is 0 Å². The van der Waals surface area contributed by atoms with E-state index in [4.69, 9.17) is 22.6 Å². The third-order valence-electron chi connectivity index (χ3n) is 2.67. The molecule has 0 saturated carbocycles. The summed E-state index contributed by atoms with van der Waals surface area (Å²) in [4.78, 5) is 0. The monoisotopic (exact) mass is 260 g/mol. The highest BCUT2D eigenvalue weighted by atomic mass is 35.5. The van der Waals surface area contributed by atoms with Crippen molar-refractivity contribution in [2.24, 2.45) is 0 Å². The fourth-order valence-electron chi connectivity index (χ4n) is 1.82. The number of rotatable bonds is 3. The van der Waals surface area contributed by atoms with Gasteiger partial charge in [0.05, 0.1) is 16.4 Å². The molecule has 2 N–H and O–H groups in total. The van der Waals surface area contributed by atoms with Crippen LogP contribution in [0.25, 0.3) is 5.69 Å². The van der Waals surface area contributed by atoms with Crippen molar-refractivity contribution in [3.8, 4) is 11.8 Å². The predicted octanol–water partition coefficient (Wildman–Crippen LogP) is 2.93. The first-order valence-corrected chi connectivity index (χ1v) is 6.09. The molecule has 0 radical (unpaired) electrons. The largest absolute Gasteiger partial charge is 0.382 e. The van der Waals surface area contributed by atoms with Gasteiger partial charge in [0.25, 0.3) is 0 Å². The van der Waals surface area contributed by atoms with E-state index in [1.54, 1.807) is 6.07 Å². The molecule has 18 heavy (non-hydrogen) atoms. The van der Waals surface area contributed by atoms with E-state index in [0.29, 0.717) is 22.1 Å². The Hall–Kier alpha value is -1.99. The number of hydrogen-bond donors (Lipinski definition) is 1. The van der Waals surface area contributed by atoms with E-state index in [1.807, 2.05) is 25.1 Å². The molecule has 2 rings (SSSR count). The Morgan fingerprint density at radius 1 is 1.44 bits per heavy atom. The van der Waals surface area contributed by atoms with Gasteiger partial charge in [0.1, 0.15) is 17.5 Å². The van der Waals surface area contributed by atoms with Crippen LogP contribution in [0.5, 0.6) is 0 Å². The summed E-state index contributed by atoms with van der Waals surface area (Å²) in [5, 5.41) is 14.1. The lowest BCUT2D eigenvalue weighted by Gasteiger charge is -2.05. The number of benzene rings is 1. The summed E-state index contributed by atoms with van der Waals surface area (Å²) in [5.74, 6) is 0.342. The first-order valence-electron chi connectivity index (χ1n) is 5.71. The molecule has 0 aliphatic heterocycles. The summed E-state index contributed by atoms with van der Waals surface area (Å²) in [6.07, 6.45) is 1.64. The minimum atomic E-state index is 0.342. The number of nitriles is 1. The molecule has 2 aromatic rings. The SMILES string of the molecule is CCCc1nn(-c2ccccc2Cl)c(N)c1C#N. The summed E-state index contributed by atoms with van der Waals surface area (Å²) in [5.41, 5.74) is 7.82. The highest BCUT2D eigenvalue weighted by Crippen LogP contribution is 2.25. The molecule has 0 unspecified atom stereocenters. The zero-order chi connectivity index (χ0) is 13.1. The number of nitrogens with two attached hydrogens (primary N) is 1. The highest BCUT2D eigenvalue weighted by molar-refractivity contribution is 6.32. The van der Waals surface area contributed by atoms with Crippen LogP contribution >= 0.6 is 11.6 Å². The van der Waals surface area contributed by atoms with Gasteiger partial charge < -0.3 is 5.73 Å². The molecule has 1 aromatic heterocycles. The molecule has 5 heteroatoms. The van der Waals surface area contributed by atoms with Gasteiger partial charge in [-0.3, -0.25) is 0 Å². The van der Waals surface area contributed by atoms with Crippen LogP contribution in [0.15, 0.2) is 24.3 Å². The molecule has 0 fully saturated rings. The van der Waals surface area contributed by atoms with Crippen molar-refractivity contribution in [3.05, 3.63) is 40.5 Å². The van der Waals surface area contributed by atoms with Crippen LogP contribution in [0.1, 0.15) is 24.6 Å². The van der Waals surface area contributed by atoms with Crippen molar-refractivity contribution in [2.75, 3.05) is 5.73 Å². The number of halogens is 1. The smallest absolute Gasteiger partial charge is 0.145 e. The predicted molar refractivity (Wildman–Crippen MR) is 71.7 cm³/mol. The topological polar surface area (TPSA) is 67.6 Å². The number of aromatic nitrogens is 2. The minimum Gasteiger partial charge on any atom is -0.382 e. The van der Waals surface area contributed by atoms with Gasteiger partial charge in [-0.25, -0.2) is 4.68 Å². The minimum absolute atomic E-state index is 0.342. The van der Waals surface area contributed by atoms with Gasteiger partial charge in [-0.15, -0.1) is 0 Å². The average molecular weight is 261 g/mol. The molecule has 0 aliphatic rings. The molecule has 0 spiro atoms. The second kappa shape index (κ2) is 5.11. The van der Waals surface area contributed by atoms with Crippen LogP contribution in [-0.2, 0) is 6.42 Å². The summed E-state index contributed by atoms with van der Waals surface area (Å²) in [6, 6.07) is 9.39. The summed E-state index contributed by atoms with van der Waals surface area (Å²) in [7, 11) is 0. The zero-order valence-corrected chi connectivity index (χ0v) is 10.8. The van der Waals surface area contributed by atoms with Gasteiger partial charge in [0.15, 0.2) is 0 Å². The van der Waals surface area contributed by atoms with Gasteiger partial charge in [-0.2, -0.15) is 10.4 Å². The number of nitrogens with zero attached hydrogens (tertiary/aromatic N) is 3. The Morgan fingerprint density at radius 3 is 2.78 bits per heavy atom. The Labute approximate surface area is 111 Å². The maximum absolute atomic E-state index is 9.14. The molecule has 0 amide bonds. The van der Waals surface area contributed by atoms with E-state index in [0.717, 1.165) is 18.5 Å². The number of hydrogen-bond acceptors (Lipinski definition) is 3. The van der Waals surface area contributed by atoms with Crippen LogP contribution in [-0.4, -0.2) is 9.78 Å². The average Bonchev–Trinajstić information content (AvgIpc) is 2.67. The lowest BCUT2D eigenvalue weighted by molar-refractivity contribution is 0.810. The lowest BCUT2D eigenvalue weighted by atomic mass is 10.2. The third-order valence-corrected chi connectivity index (χ3v) is 2.99. The van der Waals surface area contributed by atoms with Gasteiger partial charge in [0.2, 0.25) is 0 Å². The van der Waals surface area contributed by atoms with Crippen LogP contribution in [0.3, 0.4) is 0 Å². The Bertz CT molecular complexity index is 610. The van der Waals surface area contributed by atoms with E-state index in [1.165, 1.54) is 4.68 Å². The third kappa shape index (κ3) is 2.05. The molecule has 4 nitrogen and oxygen atoms in total. The molecule has 0 bridgehead atoms. The van der Waals surface area contributed by atoms with Crippen LogP contribution < -0.4 is 5.73 Å². The van der Waals surface area contributed by atoms with Crippen molar-refractivity contribution in [2.45, 2.75) is 19.8 Å². The summed E-state index contributed by atoms with van der Waals surface area (Å²) in [6.45, 7) is 2.03. The first-order chi connectivity index (χ1) is 8.69. The Kier molecular flexibility index (Phi) is 3.54. The normalized spacial score (nSPS) is 10.3. The second-order valence-electron chi connectivity index (χ2n) is 3.93. The second-order valence-corrected chi connectivity index (χ2v) is 4.34. The van der Waals surface area contributed by atoms with E-state index >= 15 is 0 Å². The molecule has 0 aliphatic carbocycles. The Balaban J connectivity index is 2.60. The highest BCUT2D eigenvalue weighted by Gasteiger charge is 2.16. The maximum Gasteiger partial charge on any atom is 0.145 e. The van der Waals surface area contributed by atoms with Crippen molar-refractivity contribution in [1.82, 2.24) is 9.78 Å². The summed E-state index contributed by atoms with van der Waals surface area (Å²) < 4.78 is 1.53. The van der Waals surface area contributed by atoms with Gasteiger partial charge in [-0.05, 0) is 18.6 Å². The van der Waals surface area contributed by atoms with Gasteiger partial charge in [0, 0.05) is 0 Å². The molecular formula is C13H13ClN4. The van der Waals surface area contributed by atoms with Crippen LogP contribution in [0, 0.1) is 11.3 Å². The van der Waals surface area contributed by atoms with Crippen LogP contribution in [0.4, 0.5) is 5.82 Å². The quantitative estimate of drug-likeness (QED) is 0.923. The standard InChI is InChI=1S/C13H13ClN4/c1-2-5-11-9(8-15)13(16)18(17-11)12-7-4-3-6-10(12)14/h3-4,6-7H,2,5,16H2,1H3. The molecule has 0 saturated heterocycles. The van der Waals surface area contributed by atoms with E-state index in [-0.39, 0.29) is 0 Å². The van der Waals surface area contributed by atoms with Crippen molar-refractivity contribution in [3.63, 3.8) is 0 Å². The van der Waals surface area contributed by atoms with E-state index in [9.17, 15) is 0 Å². The Morgan fingerprint density at radius 2 is 2.17 bits per heavy atom. The molecule has 1 aromatic carbocycles. The van der Waals surface area contributed by atoms with Crippen molar-refractivity contribution in [1.29, 1.82) is 5.26 Å². The number of para-hydroxylation sites is 1. The van der Waals surface area contributed by atoms with Crippen molar-refractivity contribution >= 4 is 17.4 Å². The molecule has 92 valence electrons. The maximum atomic E-state index is 9.14. The fourth-order valence-corrected chi connectivity index (χ4v) is 2.03. The van der Waals surface area contributed by atoms with Gasteiger partial charge >= 0.3 is 0 Å². The summed E-state index contributed by atoms with van der Waals surface area (Å²) >= 11 is 6.11. The lowest BCUT2D eigenvalue weighted by Crippen LogP contribution is -2.03. The molecular weight excluding hydrogens is 248 g/mol. The molecule has 1 heterocycles. The number of anilines is 1. The number of nitrogen functional groups attached to an aromatic ring is 1. The van der Waals surface area contributed by atoms with Gasteiger partial charge in [-0.1, -0.05) is 37.1 Å².